The molecule has 2 aromatic heterocycles. The number of thiophene rings is 1. The maximum atomic E-state index is 12.9. The van der Waals surface area contributed by atoms with Crippen LogP contribution in [0.4, 0.5) is 5.82 Å². The van der Waals surface area contributed by atoms with Crippen molar-refractivity contribution in [3.05, 3.63) is 47.1 Å². The first-order chi connectivity index (χ1) is 13.6. The lowest BCUT2D eigenvalue weighted by atomic mass is 9.97. The maximum absolute atomic E-state index is 12.9. The molecule has 0 unspecified atom stereocenters. The summed E-state index contributed by atoms with van der Waals surface area (Å²) in [5, 5.41) is 1.20. The summed E-state index contributed by atoms with van der Waals surface area (Å²) in [5.74, 6) is 0.973. The Labute approximate surface area is 168 Å². The highest BCUT2D eigenvalue weighted by molar-refractivity contribution is 7.89. The first kappa shape index (κ1) is 18.0. The number of piperazine rings is 1. The van der Waals surface area contributed by atoms with E-state index in [-0.39, 0.29) is 0 Å². The van der Waals surface area contributed by atoms with Gasteiger partial charge in [0, 0.05) is 31.1 Å². The molecule has 3 aromatic rings. The van der Waals surface area contributed by atoms with Gasteiger partial charge >= 0.3 is 0 Å². The van der Waals surface area contributed by atoms with Crippen molar-refractivity contribution in [2.45, 2.75) is 30.6 Å². The molecule has 1 aliphatic carbocycles. The van der Waals surface area contributed by atoms with Crippen LogP contribution in [0.15, 0.2) is 41.6 Å². The van der Waals surface area contributed by atoms with E-state index in [0.29, 0.717) is 31.1 Å². The second kappa shape index (κ2) is 7.09. The van der Waals surface area contributed by atoms with Crippen LogP contribution in [-0.2, 0) is 22.9 Å². The Morgan fingerprint density at radius 2 is 1.68 bits per heavy atom. The number of benzene rings is 1. The third-order valence-corrected chi connectivity index (χ3v) is 8.76. The minimum absolute atomic E-state index is 0.361. The SMILES string of the molecule is O=S(=O)(c1ccccc1)N1CCN(c2ncnc3sc4c(c23)CCCC4)CC1. The summed E-state index contributed by atoms with van der Waals surface area (Å²) < 4.78 is 27.3. The molecule has 3 heterocycles. The average molecular weight is 415 g/mol. The number of aromatic nitrogens is 2. The Kier molecular flexibility index (Phi) is 4.57. The van der Waals surface area contributed by atoms with Crippen LogP contribution in [0.1, 0.15) is 23.3 Å². The minimum Gasteiger partial charge on any atom is -0.353 e. The highest BCUT2D eigenvalue weighted by Gasteiger charge is 2.30. The van der Waals surface area contributed by atoms with Crippen molar-refractivity contribution in [3.63, 3.8) is 0 Å². The summed E-state index contributed by atoms with van der Waals surface area (Å²) in [4.78, 5) is 14.2. The van der Waals surface area contributed by atoms with Crippen LogP contribution >= 0.6 is 11.3 Å². The van der Waals surface area contributed by atoms with Gasteiger partial charge in [-0.25, -0.2) is 18.4 Å². The Balaban J connectivity index is 1.41. The number of aryl methyl sites for hydroxylation is 2. The Bertz CT molecular complexity index is 1100. The van der Waals surface area contributed by atoms with Crippen LogP contribution in [0.2, 0.25) is 0 Å². The van der Waals surface area contributed by atoms with Crippen molar-refractivity contribution in [2.75, 3.05) is 31.1 Å². The second-order valence-electron chi connectivity index (χ2n) is 7.29. The van der Waals surface area contributed by atoms with Gasteiger partial charge in [0.05, 0.1) is 10.3 Å². The third-order valence-electron chi connectivity index (χ3n) is 5.65. The first-order valence-electron chi connectivity index (χ1n) is 9.70. The van der Waals surface area contributed by atoms with Gasteiger partial charge in [-0.15, -0.1) is 11.3 Å². The van der Waals surface area contributed by atoms with Crippen molar-refractivity contribution in [1.29, 1.82) is 0 Å². The summed E-state index contributed by atoms with van der Waals surface area (Å²) in [6.45, 7) is 2.22. The molecule has 0 bridgehead atoms. The van der Waals surface area contributed by atoms with Crippen LogP contribution in [-0.4, -0.2) is 48.9 Å². The number of rotatable bonds is 3. The van der Waals surface area contributed by atoms with E-state index in [0.717, 1.165) is 23.5 Å². The number of hydrogen-bond acceptors (Lipinski definition) is 6. The lowest BCUT2D eigenvalue weighted by Gasteiger charge is -2.35. The Morgan fingerprint density at radius 1 is 0.929 bits per heavy atom. The second-order valence-corrected chi connectivity index (χ2v) is 10.3. The van der Waals surface area contributed by atoms with Gasteiger partial charge in [0.1, 0.15) is 17.0 Å². The topological polar surface area (TPSA) is 66.4 Å². The fourth-order valence-electron chi connectivity index (χ4n) is 4.20. The molecule has 1 aromatic carbocycles. The Hall–Kier alpha value is -2.03. The van der Waals surface area contributed by atoms with Gasteiger partial charge in [0.2, 0.25) is 10.0 Å². The lowest BCUT2D eigenvalue weighted by molar-refractivity contribution is 0.384. The fraction of sp³-hybridized carbons (Fsp3) is 0.400. The van der Waals surface area contributed by atoms with E-state index in [2.05, 4.69) is 14.9 Å². The van der Waals surface area contributed by atoms with E-state index in [4.69, 9.17) is 0 Å². The molecule has 2 aliphatic rings. The molecule has 1 fully saturated rings. The van der Waals surface area contributed by atoms with Gasteiger partial charge in [-0.05, 0) is 43.4 Å². The predicted molar refractivity (Wildman–Crippen MR) is 111 cm³/mol. The summed E-state index contributed by atoms with van der Waals surface area (Å²) >= 11 is 1.80. The van der Waals surface area contributed by atoms with Crippen molar-refractivity contribution >= 4 is 37.4 Å². The van der Waals surface area contributed by atoms with Gasteiger partial charge in [-0.1, -0.05) is 18.2 Å². The number of anilines is 1. The van der Waals surface area contributed by atoms with Crippen LogP contribution in [0.5, 0.6) is 0 Å². The van der Waals surface area contributed by atoms with Gasteiger partial charge in [-0.2, -0.15) is 4.31 Å². The smallest absolute Gasteiger partial charge is 0.243 e. The van der Waals surface area contributed by atoms with E-state index < -0.39 is 10.0 Å². The van der Waals surface area contributed by atoms with Gasteiger partial charge < -0.3 is 4.90 Å². The molecule has 146 valence electrons. The molecule has 0 N–H and O–H groups in total. The van der Waals surface area contributed by atoms with Crippen molar-refractivity contribution in [1.82, 2.24) is 14.3 Å². The zero-order chi connectivity index (χ0) is 19.1. The molecular weight excluding hydrogens is 392 g/mol. The summed E-state index contributed by atoms with van der Waals surface area (Å²) in [6.07, 6.45) is 6.35. The van der Waals surface area contributed by atoms with E-state index in [9.17, 15) is 8.42 Å². The molecule has 5 rings (SSSR count). The van der Waals surface area contributed by atoms with E-state index in [1.807, 2.05) is 6.07 Å². The number of sulfonamides is 1. The van der Waals surface area contributed by atoms with Crippen molar-refractivity contribution < 1.29 is 8.42 Å². The van der Waals surface area contributed by atoms with Crippen LogP contribution in [0.25, 0.3) is 10.2 Å². The standard InChI is InChI=1S/C20H22N4O2S2/c25-28(26,15-6-2-1-3-7-15)24-12-10-23(11-13-24)19-18-16-8-4-5-9-17(16)27-20(18)22-14-21-19/h1-3,6-7,14H,4-5,8-13H2. The normalized spacial score (nSPS) is 18.4. The average Bonchev–Trinajstić information content (AvgIpc) is 3.13. The molecule has 0 radical (unpaired) electrons. The number of hydrogen-bond donors (Lipinski definition) is 0. The largest absolute Gasteiger partial charge is 0.353 e. The first-order valence-corrected chi connectivity index (χ1v) is 12.0. The summed E-state index contributed by atoms with van der Waals surface area (Å²) in [7, 11) is -3.44. The zero-order valence-corrected chi connectivity index (χ0v) is 17.2. The number of nitrogens with zero attached hydrogens (tertiary/aromatic N) is 4. The summed E-state index contributed by atoms with van der Waals surface area (Å²) in [5.41, 5.74) is 1.42. The van der Waals surface area contributed by atoms with Crippen LogP contribution in [0, 0.1) is 0 Å². The monoisotopic (exact) mass is 414 g/mol. The Morgan fingerprint density at radius 3 is 2.46 bits per heavy atom. The van der Waals surface area contributed by atoms with Gasteiger partial charge in [0.15, 0.2) is 0 Å². The van der Waals surface area contributed by atoms with Crippen LogP contribution in [0.3, 0.4) is 0 Å². The molecule has 6 nitrogen and oxygen atoms in total. The molecule has 0 spiro atoms. The quantitative estimate of drug-likeness (QED) is 0.659. The zero-order valence-electron chi connectivity index (χ0n) is 15.5. The maximum Gasteiger partial charge on any atom is 0.243 e. The molecular formula is C20H22N4O2S2. The van der Waals surface area contributed by atoms with Crippen molar-refractivity contribution in [2.24, 2.45) is 0 Å². The van der Waals surface area contributed by atoms with Crippen LogP contribution < -0.4 is 4.90 Å². The molecule has 8 heteroatoms. The van der Waals surface area contributed by atoms with E-state index in [1.54, 1.807) is 46.2 Å². The number of fused-ring (bicyclic) bond motifs is 3. The molecule has 1 saturated heterocycles. The highest BCUT2D eigenvalue weighted by Crippen LogP contribution is 2.39. The minimum atomic E-state index is -3.44. The highest BCUT2D eigenvalue weighted by atomic mass is 32.2. The molecule has 1 aliphatic heterocycles. The van der Waals surface area contributed by atoms with E-state index >= 15 is 0 Å². The van der Waals surface area contributed by atoms with Gasteiger partial charge in [-0.3, -0.25) is 0 Å². The molecule has 0 atom stereocenters. The van der Waals surface area contributed by atoms with Crippen molar-refractivity contribution in [3.8, 4) is 0 Å². The molecule has 28 heavy (non-hydrogen) atoms. The summed E-state index contributed by atoms with van der Waals surface area (Å²) in [6, 6.07) is 8.68. The molecule has 0 amide bonds. The van der Waals surface area contributed by atoms with E-state index in [1.165, 1.54) is 28.7 Å². The van der Waals surface area contributed by atoms with Gasteiger partial charge in [0.25, 0.3) is 0 Å². The molecule has 0 saturated carbocycles. The third kappa shape index (κ3) is 3.00. The lowest BCUT2D eigenvalue weighted by Crippen LogP contribution is -2.49. The fourth-order valence-corrected chi connectivity index (χ4v) is 6.86. The predicted octanol–water partition coefficient (Wildman–Crippen LogP) is 3.08.